The first-order valence-corrected chi connectivity index (χ1v) is 8.51. The molecule has 0 spiro atoms. The summed E-state index contributed by atoms with van der Waals surface area (Å²) in [7, 11) is 1.52. The highest BCUT2D eigenvalue weighted by Gasteiger charge is 2.19. The molecule has 0 bridgehead atoms. The second kappa shape index (κ2) is 10.2. The van der Waals surface area contributed by atoms with E-state index in [0.29, 0.717) is 23.1 Å². The average molecular weight is 409 g/mol. The minimum atomic E-state index is -0.403. The van der Waals surface area contributed by atoms with E-state index in [2.05, 4.69) is 10.6 Å². The van der Waals surface area contributed by atoms with E-state index in [9.17, 15) is 9.90 Å². The van der Waals surface area contributed by atoms with E-state index in [-0.39, 0.29) is 37.1 Å². The molecule has 150 valence electrons. The fourth-order valence-corrected chi connectivity index (χ4v) is 2.29. The summed E-state index contributed by atoms with van der Waals surface area (Å²) in [6.07, 6.45) is 0. The summed E-state index contributed by atoms with van der Waals surface area (Å²) >= 11 is 6.30. The van der Waals surface area contributed by atoms with Crippen LogP contribution in [0.4, 0.5) is 0 Å². The van der Waals surface area contributed by atoms with Crippen molar-refractivity contribution < 1.29 is 19.4 Å². The molecule has 0 radical (unpaired) electrons. The minimum Gasteiger partial charge on any atom is -0.493 e. The predicted octanol–water partition coefficient (Wildman–Crippen LogP) is 2.92. The molecule has 0 atom stereocenters. The molecular formula is C18H30Cl2N2O4. The molecule has 0 saturated carbocycles. The van der Waals surface area contributed by atoms with E-state index in [1.807, 2.05) is 34.6 Å². The van der Waals surface area contributed by atoms with Gasteiger partial charge in [-0.25, -0.2) is 0 Å². The highest BCUT2D eigenvalue weighted by atomic mass is 35.5. The van der Waals surface area contributed by atoms with Crippen LogP contribution in [0.15, 0.2) is 12.1 Å². The summed E-state index contributed by atoms with van der Waals surface area (Å²) in [6.45, 7) is 9.86. The number of carbonyl (C=O) groups excluding carboxylic acids is 1. The minimum absolute atomic E-state index is 0. The quantitative estimate of drug-likeness (QED) is 0.615. The summed E-state index contributed by atoms with van der Waals surface area (Å²) in [5.41, 5.74) is 0.151. The number of methoxy groups -OCH3 is 1. The van der Waals surface area contributed by atoms with Crippen LogP contribution >= 0.6 is 24.0 Å². The number of hydrogen-bond donors (Lipinski definition) is 3. The number of ether oxygens (including phenoxy) is 2. The number of aliphatic hydroxyl groups excluding tert-OH is 1. The summed E-state index contributed by atoms with van der Waals surface area (Å²) in [5, 5.41) is 15.7. The standard InChI is InChI=1S/C18H29ClN2O4.ClH/c1-17(2,3)21-15(23)10-25-16-13(19)7-12(8-14(16)24-6)9-20-18(4,5)11-22;/h7-8,20,22H,9-11H2,1-6H3,(H,21,23);1H. The van der Waals surface area contributed by atoms with Gasteiger partial charge in [0.1, 0.15) is 0 Å². The second-order valence-corrected chi connectivity index (χ2v) is 8.00. The zero-order valence-electron chi connectivity index (χ0n) is 16.2. The van der Waals surface area contributed by atoms with Crippen LogP contribution < -0.4 is 20.1 Å². The first-order chi connectivity index (χ1) is 11.5. The lowest BCUT2D eigenvalue weighted by molar-refractivity contribution is -0.124. The van der Waals surface area contributed by atoms with Crippen LogP contribution in [0, 0.1) is 0 Å². The molecule has 0 aliphatic carbocycles. The van der Waals surface area contributed by atoms with Gasteiger partial charge in [-0.2, -0.15) is 0 Å². The third-order valence-corrected chi connectivity index (χ3v) is 3.60. The number of amides is 1. The molecule has 26 heavy (non-hydrogen) atoms. The average Bonchev–Trinajstić information content (AvgIpc) is 2.49. The van der Waals surface area contributed by atoms with Crippen LogP contribution in [0.25, 0.3) is 0 Å². The Bertz CT molecular complexity index is 602. The Balaban J connectivity index is 0.00000625. The summed E-state index contributed by atoms with van der Waals surface area (Å²) in [6, 6.07) is 3.55. The summed E-state index contributed by atoms with van der Waals surface area (Å²) < 4.78 is 10.9. The molecular weight excluding hydrogens is 379 g/mol. The first kappa shape index (κ1) is 24.8. The van der Waals surface area contributed by atoms with Crippen molar-refractivity contribution in [3.8, 4) is 11.5 Å². The molecule has 0 saturated heterocycles. The number of hydrogen-bond acceptors (Lipinski definition) is 5. The third kappa shape index (κ3) is 8.45. The molecule has 1 amide bonds. The molecule has 1 aromatic rings. The molecule has 1 rings (SSSR count). The van der Waals surface area contributed by atoms with Gasteiger partial charge in [-0.15, -0.1) is 12.4 Å². The molecule has 1 aromatic carbocycles. The van der Waals surface area contributed by atoms with Gasteiger partial charge in [-0.1, -0.05) is 11.6 Å². The smallest absolute Gasteiger partial charge is 0.258 e. The van der Waals surface area contributed by atoms with Crippen LogP contribution in [0.3, 0.4) is 0 Å². The zero-order valence-corrected chi connectivity index (χ0v) is 17.8. The molecule has 0 aliphatic heterocycles. The molecule has 0 heterocycles. The number of benzene rings is 1. The Morgan fingerprint density at radius 2 is 1.85 bits per heavy atom. The number of halogens is 2. The lowest BCUT2D eigenvalue weighted by atomic mass is 10.1. The Hall–Kier alpha value is -1.21. The van der Waals surface area contributed by atoms with Crippen molar-refractivity contribution in [1.82, 2.24) is 10.6 Å². The van der Waals surface area contributed by atoms with Crippen LogP contribution in [0.2, 0.25) is 5.02 Å². The van der Waals surface area contributed by atoms with Gasteiger partial charge in [0.05, 0.1) is 18.7 Å². The van der Waals surface area contributed by atoms with Crippen LogP contribution in [-0.4, -0.2) is 42.4 Å². The van der Waals surface area contributed by atoms with Crippen molar-refractivity contribution in [3.05, 3.63) is 22.7 Å². The SMILES string of the molecule is COc1cc(CNC(C)(C)CO)cc(Cl)c1OCC(=O)NC(C)(C)C.Cl. The van der Waals surface area contributed by atoms with Gasteiger partial charge >= 0.3 is 0 Å². The molecule has 3 N–H and O–H groups in total. The maximum Gasteiger partial charge on any atom is 0.258 e. The Morgan fingerprint density at radius 1 is 1.23 bits per heavy atom. The Kier molecular flexibility index (Phi) is 9.73. The lowest BCUT2D eigenvalue weighted by Gasteiger charge is -2.24. The maximum absolute atomic E-state index is 11.9. The topological polar surface area (TPSA) is 79.8 Å². The van der Waals surface area contributed by atoms with Gasteiger partial charge in [0.15, 0.2) is 18.1 Å². The highest BCUT2D eigenvalue weighted by Crippen LogP contribution is 2.36. The van der Waals surface area contributed by atoms with E-state index in [4.69, 9.17) is 21.1 Å². The van der Waals surface area contributed by atoms with Gasteiger partial charge in [-0.05, 0) is 52.3 Å². The Labute approximate surface area is 167 Å². The van der Waals surface area contributed by atoms with E-state index < -0.39 is 5.54 Å². The molecule has 8 heteroatoms. The van der Waals surface area contributed by atoms with Crippen LogP contribution in [0.1, 0.15) is 40.2 Å². The first-order valence-electron chi connectivity index (χ1n) is 8.13. The fraction of sp³-hybridized carbons (Fsp3) is 0.611. The van der Waals surface area contributed by atoms with Gasteiger partial charge in [0.2, 0.25) is 0 Å². The largest absolute Gasteiger partial charge is 0.493 e. The molecule has 0 aliphatic rings. The van der Waals surface area contributed by atoms with Crippen molar-refractivity contribution in [2.45, 2.75) is 52.2 Å². The van der Waals surface area contributed by atoms with Gasteiger partial charge < -0.3 is 25.2 Å². The van der Waals surface area contributed by atoms with Crippen molar-refractivity contribution in [3.63, 3.8) is 0 Å². The van der Waals surface area contributed by atoms with Crippen LogP contribution in [0.5, 0.6) is 11.5 Å². The zero-order chi connectivity index (χ0) is 19.3. The highest BCUT2D eigenvalue weighted by molar-refractivity contribution is 6.32. The van der Waals surface area contributed by atoms with Gasteiger partial charge in [-0.3, -0.25) is 4.79 Å². The van der Waals surface area contributed by atoms with E-state index >= 15 is 0 Å². The molecule has 0 fully saturated rings. The predicted molar refractivity (Wildman–Crippen MR) is 107 cm³/mol. The fourth-order valence-electron chi connectivity index (χ4n) is 2.00. The third-order valence-electron chi connectivity index (χ3n) is 3.32. The lowest BCUT2D eigenvalue weighted by Crippen LogP contribution is -2.43. The summed E-state index contributed by atoms with van der Waals surface area (Å²) in [5.74, 6) is 0.550. The number of carbonyl (C=O) groups is 1. The van der Waals surface area contributed by atoms with Crippen molar-refractivity contribution in [2.24, 2.45) is 0 Å². The van der Waals surface area contributed by atoms with E-state index in [1.54, 1.807) is 12.1 Å². The number of rotatable bonds is 8. The van der Waals surface area contributed by atoms with Crippen molar-refractivity contribution >= 4 is 29.9 Å². The number of aliphatic hydroxyl groups is 1. The normalized spacial score (nSPS) is 11.5. The van der Waals surface area contributed by atoms with E-state index in [1.165, 1.54) is 7.11 Å². The molecule has 0 aromatic heterocycles. The number of nitrogens with one attached hydrogen (secondary N) is 2. The molecule has 6 nitrogen and oxygen atoms in total. The Morgan fingerprint density at radius 3 is 2.35 bits per heavy atom. The van der Waals surface area contributed by atoms with Crippen molar-refractivity contribution in [2.75, 3.05) is 20.3 Å². The van der Waals surface area contributed by atoms with Gasteiger partial charge in [0.25, 0.3) is 5.91 Å². The summed E-state index contributed by atoms with van der Waals surface area (Å²) in [4.78, 5) is 11.9. The van der Waals surface area contributed by atoms with E-state index in [0.717, 1.165) is 5.56 Å². The monoisotopic (exact) mass is 408 g/mol. The second-order valence-electron chi connectivity index (χ2n) is 7.59. The van der Waals surface area contributed by atoms with Crippen molar-refractivity contribution in [1.29, 1.82) is 0 Å². The van der Waals surface area contributed by atoms with Crippen LogP contribution in [-0.2, 0) is 11.3 Å². The van der Waals surface area contributed by atoms with Gasteiger partial charge in [0, 0.05) is 17.6 Å². The molecule has 0 unspecified atom stereocenters. The maximum atomic E-state index is 11.9.